The van der Waals surface area contributed by atoms with Gasteiger partial charge in [0.2, 0.25) is 5.91 Å². The highest BCUT2D eigenvalue weighted by molar-refractivity contribution is 6.12. The van der Waals surface area contributed by atoms with Crippen molar-refractivity contribution < 1.29 is 33.8 Å². The maximum atomic E-state index is 11.9. The van der Waals surface area contributed by atoms with Crippen LogP contribution < -0.4 is 5.32 Å². The van der Waals surface area contributed by atoms with Crippen LogP contribution in [0.1, 0.15) is 59.3 Å². The highest BCUT2D eigenvalue weighted by Crippen LogP contribution is 2.11. The van der Waals surface area contributed by atoms with E-state index in [4.69, 9.17) is 4.74 Å². The standard InChI is InChI=1S/C19H28N2O7/c1-19(2,3)28-17(25)11-8-13(18(26)27)20-14(22)7-5-4-6-12-21-15(23)9-10-16(21)24/h9-10,13H,4-8,11-12H2,1-3H3,(H,20,22)(H,26,27)/t13-/m0/s1. The van der Waals surface area contributed by atoms with Crippen molar-refractivity contribution in [1.29, 1.82) is 0 Å². The molecule has 1 heterocycles. The van der Waals surface area contributed by atoms with Gasteiger partial charge in [0.1, 0.15) is 11.6 Å². The number of nitrogens with zero attached hydrogens (tertiary/aromatic N) is 1. The Morgan fingerprint density at radius 2 is 1.68 bits per heavy atom. The summed E-state index contributed by atoms with van der Waals surface area (Å²) in [4.78, 5) is 58.8. The number of unbranched alkanes of at least 4 members (excludes halogenated alkanes) is 2. The van der Waals surface area contributed by atoms with Crippen molar-refractivity contribution in [3.63, 3.8) is 0 Å². The molecule has 2 N–H and O–H groups in total. The van der Waals surface area contributed by atoms with Crippen LogP contribution in [0.15, 0.2) is 12.2 Å². The maximum absolute atomic E-state index is 11.9. The molecule has 9 heteroatoms. The number of rotatable bonds is 11. The molecule has 1 atom stereocenters. The molecule has 3 amide bonds. The summed E-state index contributed by atoms with van der Waals surface area (Å²) in [6.45, 7) is 5.44. The summed E-state index contributed by atoms with van der Waals surface area (Å²) in [6, 6.07) is -1.16. The van der Waals surface area contributed by atoms with Crippen LogP contribution in [-0.2, 0) is 28.7 Å². The monoisotopic (exact) mass is 396 g/mol. The van der Waals surface area contributed by atoms with Gasteiger partial charge in [-0.05, 0) is 40.0 Å². The third-order valence-electron chi connectivity index (χ3n) is 3.88. The molecule has 1 aliphatic heterocycles. The summed E-state index contributed by atoms with van der Waals surface area (Å²) in [5.74, 6) is -2.83. The highest BCUT2D eigenvalue weighted by Gasteiger charge is 2.24. The minimum Gasteiger partial charge on any atom is -0.480 e. The SMILES string of the molecule is CC(C)(C)OC(=O)CC[C@H](NC(=O)CCCCCN1C(=O)C=CC1=O)C(=O)O. The molecule has 0 aromatic heterocycles. The summed E-state index contributed by atoms with van der Waals surface area (Å²) < 4.78 is 5.12. The molecule has 1 rings (SSSR count). The second kappa shape index (κ2) is 10.6. The van der Waals surface area contributed by atoms with E-state index < -0.39 is 29.5 Å². The number of imide groups is 1. The number of carboxylic acids is 1. The summed E-state index contributed by atoms with van der Waals surface area (Å²) in [5.41, 5.74) is -0.653. The quantitative estimate of drug-likeness (QED) is 0.304. The fraction of sp³-hybridized carbons (Fsp3) is 0.632. The van der Waals surface area contributed by atoms with E-state index in [0.717, 1.165) is 4.90 Å². The van der Waals surface area contributed by atoms with E-state index in [9.17, 15) is 29.1 Å². The van der Waals surface area contributed by atoms with Gasteiger partial charge in [-0.1, -0.05) is 6.42 Å². The first-order valence-electron chi connectivity index (χ1n) is 9.27. The predicted octanol–water partition coefficient (Wildman–Crippen LogP) is 1.16. The lowest BCUT2D eigenvalue weighted by atomic mass is 10.1. The Balaban J connectivity index is 2.26. The average molecular weight is 396 g/mol. The highest BCUT2D eigenvalue weighted by atomic mass is 16.6. The van der Waals surface area contributed by atoms with Gasteiger partial charge in [0.15, 0.2) is 0 Å². The van der Waals surface area contributed by atoms with Gasteiger partial charge >= 0.3 is 11.9 Å². The van der Waals surface area contributed by atoms with E-state index in [2.05, 4.69) is 5.32 Å². The second-order valence-corrected chi connectivity index (χ2v) is 7.56. The van der Waals surface area contributed by atoms with Gasteiger partial charge in [-0.2, -0.15) is 0 Å². The summed E-state index contributed by atoms with van der Waals surface area (Å²) >= 11 is 0. The van der Waals surface area contributed by atoms with Gasteiger partial charge in [0, 0.05) is 31.5 Å². The zero-order valence-corrected chi connectivity index (χ0v) is 16.5. The largest absolute Gasteiger partial charge is 0.480 e. The van der Waals surface area contributed by atoms with Gasteiger partial charge in [-0.25, -0.2) is 4.79 Å². The molecule has 0 aliphatic carbocycles. The first kappa shape index (κ1) is 23.3. The van der Waals surface area contributed by atoms with E-state index in [1.54, 1.807) is 20.8 Å². The summed E-state index contributed by atoms with van der Waals surface area (Å²) in [6.07, 6.45) is 4.07. The molecular weight excluding hydrogens is 368 g/mol. The van der Waals surface area contributed by atoms with Crippen LogP contribution in [0.2, 0.25) is 0 Å². The molecule has 0 radical (unpaired) electrons. The number of carbonyl (C=O) groups is 5. The van der Waals surface area contributed by atoms with E-state index in [-0.39, 0.29) is 31.1 Å². The average Bonchev–Trinajstić information content (AvgIpc) is 2.88. The van der Waals surface area contributed by atoms with Crippen molar-refractivity contribution >= 4 is 29.7 Å². The van der Waals surface area contributed by atoms with Crippen molar-refractivity contribution in [2.24, 2.45) is 0 Å². The Labute approximate surface area is 164 Å². The number of aliphatic carboxylic acids is 1. The molecule has 28 heavy (non-hydrogen) atoms. The van der Waals surface area contributed by atoms with Crippen molar-refractivity contribution in [3.8, 4) is 0 Å². The molecule has 0 bridgehead atoms. The zero-order chi connectivity index (χ0) is 21.3. The lowest BCUT2D eigenvalue weighted by molar-refractivity contribution is -0.155. The maximum Gasteiger partial charge on any atom is 0.326 e. The second-order valence-electron chi connectivity index (χ2n) is 7.56. The van der Waals surface area contributed by atoms with Crippen LogP contribution in [-0.4, -0.2) is 57.9 Å². The summed E-state index contributed by atoms with van der Waals surface area (Å²) in [7, 11) is 0. The van der Waals surface area contributed by atoms with Crippen molar-refractivity contribution in [2.75, 3.05) is 6.54 Å². The van der Waals surface area contributed by atoms with E-state index in [1.165, 1.54) is 12.2 Å². The number of ether oxygens (including phenoxy) is 1. The van der Waals surface area contributed by atoms with Crippen LogP contribution in [0.3, 0.4) is 0 Å². The molecule has 0 aromatic rings. The smallest absolute Gasteiger partial charge is 0.326 e. The van der Waals surface area contributed by atoms with Crippen molar-refractivity contribution in [1.82, 2.24) is 10.2 Å². The number of hydrogen-bond donors (Lipinski definition) is 2. The van der Waals surface area contributed by atoms with Crippen LogP contribution in [0, 0.1) is 0 Å². The topological polar surface area (TPSA) is 130 Å². The minimum atomic E-state index is -1.21. The Morgan fingerprint density at radius 3 is 2.21 bits per heavy atom. The summed E-state index contributed by atoms with van der Waals surface area (Å²) in [5, 5.41) is 11.6. The number of hydrogen-bond acceptors (Lipinski definition) is 6. The zero-order valence-electron chi connectivity index (χ0n) is 16.5. The first-order chi connectivity index (χ1) is 13.0. The number of amides is 3. The first-order valence-corrected chi connectivity index (χ1v) is 9.27. The van der Waals surface area contributed by atoms with Crippen LogP contribution in [0.5, 0.6) is 0 Å². The molecule has 9 nitrogen and oxygen atoms in total. The molecule has 0 aromatic carbocycles. The van der Waals surface area contributed by atoms with Gasteiger partial charge in [-0.3, -0.25) is 24.1 Å². The lowest BCUT2D eigenvalue weighted by Crippen LogP contribution is -2.41. The fourth-order valence-corrected chi connectivity index (χ4v) is 2.56. The molecular formula is C19H28N2O7. The molecule has 0 spiro atoms. The molecule has 0 unspecified atom stereocenters. The minimum absolute atomic E-state index is 0.0534. The Hall–Kier alpha value is -2.71. The van der Waals surface area contributed by atoms with Crippen molar-refractivity contribution in [3.05, 3.63) is 12.2 Å². The number of nitrogens with one attached hydrogen (secondary N) is 1. The van der Waals surface area contributed by atoms with E-state index >= 15 is 0 Å². The van der Waals surface area contributed by atoms with Gasteiger partial charge in [0.05, 0.1) is 0 Å². The Bertz CT molecular complexity index is 631. The Morgan fingerprint density at radius 1 is 1.07 bits per heavy atom. The molecule has 0 fully saturated rings. The van der Waals surface area contributed by atoms with Gasteiger partial charge in [0.25, 0.3) is 11.8 Å². The lowest BCUT2D eigenvalue weighted by Gasteiger charge is -2.20. The Kier molecular flexibility index (Phi) is 8.81. The normalized spacial score (nSPS) is 14.9. The molecule has 0 saturated heterocycles. The van der Waals surface area contributed by atoms with E-state index in [0.29, 0.717) is 25.8 Å². The predicted molar refractivity (Wildman–Crippen MR) is 99.0 cm³/mol. The number of esters is 1. The number of carbonyl (C=O) groups excluding carboxylic acids is 4. The van der Waals surface area contributed by atoms with Crippen LogP contribution in [0.25, 0.3) is 0 Å². The van der Waals surface area contributed by atoms with Gasteiger partial charge < -0.3 is 15.2 Å². The third kappa shape index (κ3) is 8.79. The number of carboxylic acid groups (broad SMARTS) is 1. The molecule has 0 saturated carbocycles. The van der Waals surface area contributed by atoms with Gasteiger partial charge in [-0.15, -0.1) is 0 Å². The third-order valence-corrected chi connectivity index (χ3v) is 3.88. The fourth-order valence-electron chi connectivity index (χ4n) is 2.56. The molecule has 1 aliphatic rings. The van der Waals surface area contributed by atoms with Crippen LogP contribution in [0.4, 0.5) is 0 Å². The van der Waals surface area contributed by atoms with Crippen molar-refractivity contribution in [2.45, 2.75) is 70.9 Å². The van der Waals surface area contributed by atoms with E-state index in [1.807, 2.05) is 0 Å². The van der Waals surface area contributed by atoms with Crippen LogP contribution >= 0.6 is 0 Å². The molecule has 156 valence electrons.